The lowest BCUT2D eigenvalue weighted by Crippen LogP contribution is -2.08. The van der Waals surface area contributed by atoms with Crippen LogP contribution in [0, 0.1) is 6.92 Å². The Balaban J connectivity index is 0.000000198. The summed E-state index contributed by atoms with van der Waals surface area (Å²) in [6, 6.07) is 13.2. The Hall–Kier alpha value is -2.62. The van der Waals surface area contributed by atoms with Crippen molar-refractivity contribution < 1.29 is 19.4 Å². The second-order valence-electron chi connectivity index (χ2n) is 4.43. The summed E-state index contributed by atoms with van der Waals surface area (Å²) >= 11 is 0. The number of aromatic carboxylic acids is 1. The summed E-state index contributed by atoms with van der Waals surface area (Å²) in [5, 5.41) is 8.81. The molecule has 102 valence electrons. The molecule has 0 saturated heterocycles. The molecule has 0 spiro atoms. The van der Waals surface area contributed by atoms with Gasteiger partial charge in [0.15, 0.2) is 0 Å². The van der Waals surface area contributed by atoms with E-state index in [1.807, 2.05) is 0 Å². The Morgan fingerprint density at radius 3 is 2.05 bits per heavy atom. The predicted octanol–water partition coefficient (Wildman–Crippen LogP) is 3.29. The first-order chi connectivity index (χ1) is 9.49. The largest absolute Gasteiger partial charge is 0.478 e. The molecule has 0 fully saturated rings. The fourth-order valence-electron chi connectivity index (χ4n) is 1.78. The number of rotatable bonds is 2. The number of benzene rings is 2. The number of carboxylic acids is 1. The van der Waals surface area contributed by atoms with Crippen LogP contribution < -0.4 is 4.74 Å². The highest BCUT2D eigenvalue weighted by Crippen LogP contribution is 2.32. The van der Waals surface area contributed by atoms with Crippen molar-refractivity contribution in [1.82, 2.24) is 0 Å². The van der Waals surface area contributed by atoms with Crippen molar-refractivity contribution in [3.63, 3.8) is 0 Å². The van der Waals surface area contributed by atoms with E-state index in [0.717, 1.165) is 0 Å². The number of hydrogen-bond donors (Lipinski definition) is 1. The molecular formula is C16H14O4. The quantitative estimate of drug-likeness (QED) is 0.573. The molecule has 0 bridgehead atoms. The first kappa shape index (κ1) is 13.8. The van der Waals surface area contributed by atoms with Gasteiger partial charge in [-0.3, -0.25) is 4.79 Å². The van der Waals surface area contributed by atoms with Crippen molar-refractivity contribution >= 4 is 11.9 Å². The lowest BCUT2D eigenvalue weighted by Gasteiger charge is -2.07. The summed E-state index contributed by atoms with van der Waals surface area (Å²) in [5.41, 5.74) is 3.48. The number of para-hydroxylation sites is 1. The zero-order valence-electron chi connectivity index (χ0n) is 11.2. The molecule has 0 saturated carbocycles. The maximum absolute atomic E-state index is 10.8. The number of ether oxygens (including phenoxy) is 1. The number of fused-ring (bicyclic) bond motifs is 1. The highest BCUT2D eigenvalue weighted by atomic mass is 16.5. The predicted molar refractivity (Wildman–Crippen MR) is 74.9 cm³/mol. The molecule has 3 rings (SSSR count). The average Bonchev–Trinajstić information content (AvgIpc) is 2.98. The van der Waals surface area contributed by atoms with Gasteiger partial charge in [0.2, 0.25) is 0 Å². The van der Waals surface area contributed by atoms with Crippen LogP contribution in [0.1, 0.15) is 22.8 Å². The van der Waals surface area contributed by atoms with Gasteiger partial charge in [0.1, 0.15) is 11.3 Å². The fourth-order valence-corrected chi connectivity index (χ4v) is 1.78. The summed E-state index contributed by atoms with van der Waals surface area (Å²) in [4.78, 5) is 21.5. The van der Waals surface area contributed by atoms with Crippen LogP contribution in [0.15, 0.2) is 42.5 Å². The summed E-state index contributed by atoms with van der Waals surface area (Å²) < 4.78 is 4.82. The molecule has 4 heteroatoms. The van der Waals surface area contributed by atoms with Crippen LogP contribution in [0.3, 0.4) is 0 Å². The van der Waals surface area contributed by atoms with Crippen molar-refractivity contribution in [2.75, 3.05) is 0 Å². The Labute approximate surface area is 116 Å². The van der Waals surface area contributed by atoms with Gasteiger partial charge >= 0.3 is 11.9 Å². The number of hydrogen-bond acceptors (Lipinski definition) is 3. The SMILES string of the molecule is CC(=O)Oc1c(C)cccc1C(=O)O.c1cc2cc-2c1. The Kier molecular flexibility index (Phi) is 3.84. The Morgan fingerprint density at radius 2 is 1.65 bits per heavy atom. The van der Waals surface area contributed by atoms with Gasteiger partial charge < -0.3 is 9.84 Å². The molecule has 1 N–H and O–H groups in total. The van der Waals surface area contributed by atoms with Crippen LogP contribution in [0.5, 0.6) is 5.75 Å². The van der Waals surface area contributed by atoms with Crippen LogP contribution in [0.2, 0.25) is 0 Å². The standard InChI is InChI=1S/C10H10O4.C6H4/c1-6-4-3-5-8(10(12)13)9(6)14-7(2)11;1-2-5-4-6(5)3-1/h3-5H,1-2H3,(H,12,13);1-4H. The van der Waals surface area contributed by atoms with Crippen LogP contribution in [-0.4, -0.2) is 17.0 Å². The molecule has 0 aliphatic heterocycles. The maximum atomic E-state index is 10.8. The van der Waals surface area contributed by atoms with Crippen molar-refractivity contribution in [3.05, 3.63) is 53.6 Å². The number of carboxylic acid groups (broad SMARTS) is 1. The third-order valence-electron chi connectivity index (χ3n) is 2.80. The molecule has 0 amide bonds. The zero-order valence-corrected chi connectivity index (χ0v) is 11.2. The van der Waals surface area contributed by atoms with Crippen LogP contribution in [0.4, 0.5) is 0 Å². The zero-order chi connectivity index (χ0) is 14.7. The summed E-state index contributed by atoms with van der Waals surface area (Å²) in [6.45, 7) is 2.92. The van der Waals surface area contributed by atoms with Gasteiger partial charge in [-0.15, -0.1) is 0 Å². The van der Waals surface area contributed by atoms with E-state index in [1.54, 1.807) is 19.1 Å². The van der Waals surface area contributed by atoms with Gasteiger partial charge in [-0.2, -0.15) is 0 Å². The molecule has 2 aliphatic rings. The number of aryl methyl sites for hydroxylation is 1. The molecule has 1 aromatic rings. The lowest BCUT2D eigenvalue weighted by molar-refractivity contribution is -0.131. The van der Waals surface area contributed by atoms with E-state index in [4.69, 9.17) is 9.84 Å². The average molecular weight is 270 g/mol. The number of esters is 1. The first-order valence-electron chi connectivity index (χ1n) is 6.11. The topological polar surface area (TPSA) is 63.6 Å². The molecule has 0 aromatic heterocycles. The van der Waals surface area contributed by atoms with Crippen LogP contribution >= 0.6 is 0 Å². The third-order valence-corrected chi connectivity index (χ3v) is 2.80. The van der Waals surface area contributed by atoms with E-state index in [-0.39, 0.29) is 11.3 Å². The second kappa shape index (κ2) is 5.57. The van der Waals surface area contributed by atoms with Crippen LogP contribution in [-0.2, 0) is 4.79 Å². The highest BCUT2D eigenvalue weighted by Gasteiger charge is 2.14. The molecule has 0 radical (unpaired) electrons. The van der Waals surface area contributed by atoms with E-state index in [0.29, 0.717) is 5.56 Å². The first-order valence-corrected chi connectivity index (χ1v) is 6.11. The van der Waals surface area contributed by atoms with E-state index in [1.165, 1.54) is 24.1 Å². The highest BCUT2D eigenvalue weighted by molar-refractivity contribution is 5.92. The minimum absolute atomic E-state index is 0.000185. The van der Waals surface area contributed by atoms with E-state index in [9.17, 15) is 9.59 Å². The van der Waals surface area contributed by atoms with Crippen molar-refractivity contribution in [2.24, 2.45) is 0 Å². The minimum atomic E-state index is -1.11. The van der Waals surface area contributed by atoms with Gasteiger partial charge in [0, 0.05) is 6.92 Å². The van der Waals surface area contributed by atoms with E-state index in [2.05, 4.69) is 24.3 Å². The number of carbonyl (C=O) groups is 2. The summed E-state index contributed by atoms with van der Waals surface area (Å²) in [6.07, 6.45) is 0. The van der Waals surface area contributed by atoms with Crippen molar-refractivity contribution in [1.29, 1.82) is 0 Å². The lowest BCUT2D eigenvalue weighted by atomic mass is 10.1. The molecule has 0 unspecified atom stereocenters. The molecule has 0 heterocycles. The van der Waals surface area contributed by atoms with Gasteiger partial charge in [-0.1, -0.05) is 30.3 Å². The summed E-state index contributed by atoms with van der Waals surface area (Å²) in [7, 11) is 0. The molecule has 4 nitrogen and oxygen atoms in total. The third kappa shape index (κ3) is 3.23. The van der Waals surface area contributed by atoms with E-state index >= 15 is 0 Å². The van der Waals surface area contributed by atoms with Gasteiger partial charge in [-0.05, 0) is 35.7 Å². The van der Waals surface area contributed by atoms with Crippen LogP contribution in [0.25, 0.3) is 11.1 Å². The molecule has 1 aromatic carbocycles. The Bertz CT molecular complexity index is 657. The normalized spacial score (nSPS) is 10.1. The Morgan fingerprint density at radius 1 is 1.05 bits per heavy atom. The molecular weight excluding hydrogens is 256 g/mol. The minimum Gasteiger partial charge on any atom is -0.478 e. The van der Waals surface area contributed by atoms with Gasteiger partial charge in [0.25, 0.3) is 0 Å². The second-order valence-corrected chi connectivity index (χ2v) is 4.43. The van der Waals surface area contributed by atoms with E-state index < -0.39 is 11.9 Å². The summed E-state index contributed by atoms with van der Waals surface area (Å²) in [5.74, 6) is -1.51. The fraction of sp³-hybridized carbons (Fsp3) is 0.125. The van der Waals surface area contributed by atoms with Crippen molar-refractivity contribution in [3.8, 4) is 16.9 Å². The van der Waals surface area contributed by atoms with Gasteiger partial charge in [-0.25, -0.2) is 4.79 Å². The van der Waals surface area contributed by atoms with Gasteiger partial charge in [0.05, 0.1) is 0 Å². The maximum Gasteiger partial charge on any atom is 0.339 e. The molecule has 20 heavy (non-hydrogen) atoms. The number of carbonyl (C=O) groups excluding carboxylic acids is 1. The van der Waals surface area contributed by atoms with Crippen molar-refractivity contribution in [2.45, 2.75) is 13.8 Å². The molecule has 0 atom stereocenters. The smallest absolute Gasteiger partial charge is 0.339 e. The molecule has 2 aliphatic carbocycles. The monoisotopic (exact) mass is 270 g/mol.